The molecule has 1 aliphatic carbocycles. The fourth-order valence-electron chi connectivity index (χ4n) is 2.33. The Morgan fingerprint density at radius 2 is 2.40 bits per heavy atom. The van der Waals surface area contributed by atoms with E-state index in [1.54, 1.807) is 0 Å². The van der Waals surface area contributed by atoms with E-state index in [4.69, 9.17) is 0 Å². The number of hydrogen-bond acceptors (Lipinski definition) is 2. The lowest BCUT2D eigenvalue weighted by Crippen LogP contribution is -2.49. The average Bonchev–Trinajstić information content (AvgIpc) is 2.48. The van der Waals surface area contributed by atoms with Crippen LogP contribution in [0.3, 0.4) is 0 Å². The molecule has 1 aliphatic heterocycles. The van der Waals surface area contributed by atoms with Gasteiger partial charge in [0.1, 0.15) is 4.60 Å². The number of halogens is 1. The molecule has 0 unspecified atom stereocenters. The third-order valence-corrected chi connectivity index (χ3v) is 4.20. The van der Waals surface area contributed by atoms with E-state index in [1.165, 1.54) is 29.7 Å². The highest BCUT2D eigenvalue weighted by molar-refractivity contribution is 9.10. The van der Waals surface area contributed by atoms with Gasteiger partial charge < -0.3 is 5.32 Å². The Kier molecular flexibility index (Phi) is 2.18. The summed E-state index contributed by atoms with van der Waals surface area (Å²) in [4.78, 5) is 4.35. The first-order valence-electron chi connectivity index (χ1n) is 5.30. The van der Waals surface area contributed by atoms with Crippen LogP contribution in [0.2, 0.25) is 0 Å². The van der Waals surface area contributed by atoms with Crippen molar-refractivity contribution < 1.29 is 0 Å². The van der Waals surface area contributed by atoms with Crippen LogP contribution in [0.1, 0.15) is 17.5 Å². The molecule has 2 heterocycles. The second kappa shape index (κ2) is 3.42. The van der Waals surface area contributed by atoms with E-state index in [2.05, 4.69) is 45.3 Å². The molecule has 3 heteroatoms. The van der Waals surface area contributed by atoms with Gasteiger partial charge in [-0.1, -0.05) is 6.08 Å². The van der Waals surface area contributed by atoms with Crippen molar-refractivity contribution >= 4 is 21.5 Å². The van der Waals surface area contributed by atoms with Crippen LogP contribution in [0.5, 0.6) is 0 Å². The molecule has 0 bridgehead atoms. The first-order chi connectivity index (χ1) is 7.24. The predicted octanol–water partition coefficient (Wildman–Crippen LogP) is 2.53. The molecular formula is C12H13BrN2. The highest BCUT2D eigenvalue weighted by atomic mass is 79.9. The molecule has 1 aromatic rings. The smallest absolute Gasteiger partial charge is 0.109 e. The van der Waals surface area contributed by atoms with Gasteiger partial charge in [0, 0.05) is 18.8 Å². The highest BCUT2D eigenvalue weighted by Crippen LogP contribution is 2.36. The quantitative estimate of drug-likeness (QED) is 0.789. The number of aromatic nitrogens is 1. The van der Waals surface area contributed by atoms with Crippen molar-refractivity contribution in [1.29, 1.82) is 0 Å². The number of allylic oxidation sites excluding steroid dienone is 1. The molecule has 15 heavy (non-hydrogen) atoms. The Bertz CT molecular complexity index is 439. The number of pyridine rings is 1. The number of fused-ring (bicyclic) bond motifs is 1. The lowest BCUT2D eigenvalue weighted by Gasteiger charge is -2.31. The third kappa shape index (κ3) is 1.54. The van der Waals surface area contributed by atoms with Gasteiger partial charge in [0.25, 0.3) is 0 Å². The minimum atomic E-state index is 0.629. The molecule has 2 aliphatic rings. The first kappa shape index (κ1) is 9.55. The molecule has 1 N–H and O–H groups in total. The van der Waals surface area contributed by atoms with Gasteiger partial charge in [0.2, 0.25) is 0 Å². The van der Waals surface area contributed by atoms with Crippen molar-refractivity contribution in [3.63, 3.8) is 0 Å². The van der Waals surface area contributed by atoms with E-state index in [0.717, 1.165) is 10.5 Å². The van der Waals surface area contributed by atoms with Crippen molar-refractivity contribution in [2.75, 3.05) is 6.54 Å². The van der Waals surface area contributed by atoms with Crippen molar-refractivity contribution in [3.8, 4) is 0 Å². The first-order valence-corrected chi connectivity index (χ1v) is 6.10. The maximum absolute atomic E-state index is 4.35. The van der Waals surface area contributed by atoms with Gasteiger partial charge in [0.05, 0.1) is 0 Å². The Labute approximate surface area is 97.9 Å². The average molecular weight is 265 g/mol. The molecule has 3 rings (SSSR count). The molecular weight excluding hydrogens is 252 g/mol. The molecule has 0 saturated carbocycles. The van der Waals surface area contributed by atoms with Crippen LogP contribution in [0, 0.1) is 12.8 Å². The van der Waals surface area contributed by atoms with E-state index in [1.807, 2.05) is 6.20 Å². The summed E-state index contributed by atoms with van der Waals surface area (Å²) < 4.78 is 0.950. The maximum atomic E-state index is 4.35. The normalized spacial score (nSPS) is 28.3. The molecule has 1 aromatic heterocycles. The summed E-state index contributed by atoms with van der Waals surface area (Å²) in [7, 11) is 0. The van der Waals surface area contributed by atoms with Crippen molar-refractivity contribution in [3.05, 3.63) is 34.1 Å². The van der Waals surface area contributed by atoms with Crippen LogP contribution in [-0.2, 0) is 0 Å². The summed E-state index contributed by atoms with van der Waals surface area (Å²) in [5, 5.41) is 3.43. The summed E-state index contributed by atoms with van der Waals surface area (Å²) in [6, 6.07) is 2.84. The molecule has 78 valence electrons. The molecule has 1 fully saturated rings. The summed E-state index contributed by atoms with van der Waals surface area (Å²) >= 11 is 3.43. The third-order valence-electron chi connectivity index (χ3n) is 3.37. The van der Waals surface area contributed by atoms with E-state index in [9.17, 15) is 0 Å². The molecule has 2 atom stereocenters. The predicted molar refractivity (Wildman–Crippen MR) is 64.5 cm³/mol. The van der Waals surface area contributed by atoms with Crippen LogP contribution in [0.25, 0.3) is 5.57 Å². The zero-order valence-corrected chi connectivity index (χ0v) is 10.2. The fourth-order valence-corrected chi connectivity index (χ4v) is 2.55. The largest absolute Gasteiger partial charge is 0.310 e. The molecule has 0 amide bonds. The summed E-state index contributed by atoms with van der Waals surface area (Å²) in [5.74, 6) is 0.837. The minimum Gasteiger partial charge on any atom is -0.310 e. The summed E-state index contributed by atoms with van der Waals surface area (Å²) in [6.45, 7) is 3.26. The SMILES string of the molecule is Cc1cc(C2=C[C@H]3NC[C@H]3C2)cnc1Br. The standard InChI is InChI=1S/C12H13BrN2/c1-7-2-9(5-15-12(7)13)8-3-10-6-14-11(10)4-8/h2,4-5,10-11,14H,3,6H2,1H3/t10-,11-/m1/s1. The second-order valence-corrected chi connectivity index (χ2v) is 5.17. The van der Waals surface area contributed by atoms with E-state index >= 15 is 0 Å². The Hall–Kier alpha value is -0.670. The van der Waals surface area contributed by atoms with Crippen molar-refractivity contribution in [2.45, 2.75) is 19.4 Å². The van der Waals surface area contributed by atoms with Gasteiger partial charge in [-0.3, -0.25) is 0 Å². The van der Waals surface area contributed by atoms with Crippen molar-refractivity contribution in [1.82, 2.24) is 10.3 Å². The fraction of sp³-hybridized carbons (Fsp3) is 0.417. The maximum Gasteiger partial charge on any atom is 0.109 e. The van der Waals surface area contributed by atoms with Crippen LogP contribution >= 0.6 is 15.9 Å². The Balaban J connectivity index is 1.93. The number of rotatable bonds is 1. The Morgan fingerprint density at radius 3 is 2.93 bits per heavy atom. The number of hydrogen-bond donors (Lipinski definition) is 1. The topological polar surface area (TPSA) is 24.9 Å². The van der Waals surface area contributed by atoms with E-state index < -0.39 is 0 Å². The number of aryl methyl sites for hydroxylation is 1. The number of nitrogens with one attached hydrogen (secondary N) is 1. The molecule has 2 nitrogen and oxygen atoms in total. The highest BCUT2D eigenvalue weighted by Gasteiger charge is 2.34. The van der Waals surface area contributed by atoms with Gasteiger partial charge >= 0.3 is 0 Å². The molecule has 0 spiro atoms. The lowest BCUT2D eigenvalue weighted by molar-refractivity contribution is 0.301. The van der Waals surface area contributed by atoms with Gasteiger partial charge in [0.15, 0.2) is 0 Å². The zero-order chi connectivity index (χ0) is 10.4. The molecule has 0 radical (unpaired) electrons. The minimum absolute atomic E-state index is 0.629. The summed E-state index contributed by atoms with van der Waals surface area (Å²) in [5.41, 5.74) is 3.95. The van der Waals surface area contributed by atoms with Gasteiger partial charge in [-0.2, -0.15) is 0 Å². The van der Waals surface area contributed by atoms with E-state index in [-0.39, 0.29) is 0 Å². The lowest BCUT2D eigenvalue weighted by atomic mass is 9.93. The van der Waals surface area contributed by atoms with Gasteiger partial charge in [-0.15, -0.1) is 0 Å². The van der Waals surface area contributed by atoms with E-state index in [0.29, 0.717) is 6.04 Å². The van der Waals surface area contributed by atoms with Crippen LogP contribution in [0.4, 0.5) is 0 Å². The molecule has 1 saturated heterocycles. The van der Waals surface area contributed by atoms with Gasteiger partial charge in [-0.05, 0) is 58.0 Å². The van der Waals surface area contributed by atoms with Crippen molar-refractivity contribution in [2.24, 2.45) is 5.92 Å². The Morgan fingerprint density at radius 1 is 1.53 bits per heavy atom. The number of nitrogens with zero attached hydrogens (tertiary/aromatic N) is 1. The second-order valence-electron chi connectivity index (χ2n) is 4.42. The van der Waals surface area contributed by atoms with Crippen LogP contribution in [0.15, 0.2) is 22.9 Å². The zero-order valence-electron chi connectivity index (χ0n) is 8.63. The molecule has 0 aromatic carbocycles. The van der Waals surface area contributed by atoms with Crippen LogP contribution in [-0.4, -0.2) is 17.6 Å². The summed E-state index contributed by atoms with van der Waals surface area (Å²) in [6.07, 6.45) is 5.53. The van der Waals surface area contributed by atoms with Gasteiger partial charge in [-0.25, -0.2) is 4.98 Å². The monoisotopic (exact) mass is 264 g/mol. The van der Waals surface area contributed by atoms with Crippen LogP contribution < -0.4 is 5.32 Å².